The van der Waals surface area contributed by atoms with E-state index in [4.69, 9.17) is 0 Å². The summed E-state index contributed by atoms with van der Waals surface area (Å²) >= 11 is 3.19. The summed E-state index contributed by atoms with van der Waals surface area (Å²) < 4.78 is 13.9. The van der Waals surface area contributed by atoms with Gasteiger partial charge in [-0.15, -0.1) is 0 Å². The van der Waals surface area contributed by atoms with E-state index >= 15 is 0 Å². The van der Waals surface area contributed by atoms with Crippen LogP contribution in [0, 0.1) is 5.82 Å². The molecule has 0 aliphatic heterocycles. The van der Waals surface area contributed by atoms with E-state index in [1.807, 2.05) is 6.92 Å². The van der Waals surface area contributed by atoms with Crippen molar-refractivity contribution in [2.24, 2.45) is 0 Å². The minimum absolute atomic E-state index is 0.125. The van der Waals surface area contributed by atoms with Crippen LogP contribution in [0.15, 0.2) is 22.7 Å². The van der Waals surface area contributed by atoms with Crippen molar-refractivity contribution in [3.63, 3.8) is 0 Å². The van der Waals surface area contributed by atoms with Gasteiger partial charge in [0.25, 0.3) is 0 Å². The standard InChI is InChI=1S/C10H11BrFNO/c1-2-13-6-10(14)8-5-7(11)3-4-9(8)12/h3-5,13H,2,6H2,1H3. The Hall–Kier alpha value is -0.740. The first-order chi connectivity index (χ1) is 6.65. The van der Waals surface area contributed by atoms with Crippen LogP contribution in [0.2, 0.25) is 0 Å². The fourth-order valence-electron chi connectivity index (χ4n) is 1.04. The van der Waals surface area contributed by atoms with Crippen LogP contribution in [0.3, 0.4) is 0 Å². The highest BCUT2D eigenvalue weighted by Gasteiger charge is 2.10. The fraction of sp³-hybridized carbons (Fsp3) is 0.300. The lowest BCUT2D eigenvalue weighted by molar-refractivity contribution is 0.0988. The number of rotatable bonds is 4. The van der Waals surface area contributed by atoms with Gasteiger partial charge in [-0.3, -0.25) is 4.79 Å². The molecule has 0 fully saturated rings. The van der Waals surface area contributed by atoms with Gasteiger partial charge in [-0.1, -0.05) is 22.9 Å². The average Bonchev–Trinajstić information content (AvgIpc) is 2.18. The van der Waals surface area contributed by atoms with Crippen molar-refractivity contribution in [2.45, 2.75) is 6.92 Å². The molecule has 0 radical (unpaired) electrons. The van der Waals surface area contributed by atoms with Crippen molar-refractivity contribution >= 4 is 21.7 Å². The second-order valence-corrected chi connectivity index (χ2v) is 3.74. The third-order valence-electron chi connectivity index (χ3n) is 1.76. The summed E-state index contributed by atoms with van der Waals surface area (Å²) in [5, 5.41) is 2.86. The molecule has 1 aromatic rings. The average molecular weight is 260 g/mol. The highest BCUT2D eigenvalue weighted by Crippen LogP contribution is 2.15. The summed E-state index contributed by atoms with van der Waals surface area (Å²) in [5.74, 6) is -0.707. The smallest absolute Gasteiger partial charge is 0.179 e. The molecule has 0 aliphatic rings. The molecule has 0 atom stereocenters. The fourth-order valence-corrected chi connectivity index (χ4v) is 1.41. The molecule has 0 unspecified atom stereocenters. The van der Waals surface area contributed by atoms with Crippen molar-refractivity contribution in [2.75, 3.05) is 13.1 Å². The van der Waals surface area contributed by atoms with Crippen molar-refractivity contribution in [3.8, 4) is 0 Å². The van der Waals surface area contributed by atoms with Gasteiger partial charge in [-0.2, -0.15) is 0 Å². The Morgan fingerprint density at radius 1 is 1.57 bits per heavy atom. The number of nitrogens with one attached hydrogen (secondary N) is 1. The van der Waals surface area contributed by atoms with Crippen molar-refractivity contribution in [3.05, 3.63) is 34.1 Å². The van der Waals surface area contributed by atoms with Gasteiger partial charge in [-0.25, -0.2) is 4.39 Å². The van der Waals surface area contributed by atoms with Gasteiger partial charge in [0, 0.05) is 4.47 Å². The Morgan fingerprint density at radius 2 is 2.29 bits per heavy atom. The normalized spacial score (nSPS) is 10.2. The molecule has 0 spiro atoms. The van der Waals surface area contributed by atoms with Crippen LogP contribution >= 0.6 is 15.9 Å². The lowest BCUT2D eigenvalue weighted by atomic mass is 10.1. The maximum absolute atomic E-state index is 13.2. The Balaban J connectivity index is 2.83. The monoisotopic (exact) mass is 259 g/mol. The molecule has 1 rings (SSSR count). The van der Waals surface area contributed by atoms with E-state index in [-0.39, 0.29) is 17.9 Å². The Labute approximate surface area is 90.6 Å². The zero-order valence-corrected chi connectivity index (χ0v) is 9.40. The third-order valence-corrected chi connectivity index (χ3v) is 2.26. The van der Waals surface area contributed by atoms with E-state index < -0.39 is 5.82 Å². The minimum Gasteiger partial charge on any atom is -0.310 e. The molecule has 1 N–H and O–H groups in total. The zero-order valence-electron chi connectivity index (χ0n) is 7.81. The molecule has 0 bridgehead atoms. The molecule has 0 aliphatic carbocycles. The summed E-state index contributed by atoms with van der Waals surface area (Å²) in [6.45, 7) is 2.76. The molecule has 0 amide bonds. The largest absolute Gasteiger partial charge is 0.310 e. The lowest BCUT2D eigenvalue weighted by Gasteiger charge is -2.03. The molecule has 0 saturated heterocycles. The van der Waals surface area contributed by atoms with E-state index in [0.29, 0.717) is 11.0 Å². The van der Waals surface area contributed by atoms with Crippen LogP contribution in [0.4, 0.5) is 4.39 Å². The van der Waals surface area contributed by atoms with Crippen LogP contribution in [0.5, 0.6) is 0 Å². The number of carbonyl (C=O) groups is 1. The van der Waals surface area contributed by atoms with Crippen molar-refractivity contribution in [1.29, 1.82) is 0 Å². The van der Waals surface area contributed by atoms with E-state index in [1.165, 1.54) is 12.1 Å². The number of hydrogen-bond acceptors (Lipinski definition) is 2. The van der Waals surface area contributed by atoms with Gasteiger partial charge in [-0.05, 0) is 24.7 Å². The summed E-state index contributed by atoms with van der Waals surface area (Å²) in [4.78, 5) is 11.5. The molecular weight excluding hydrogens is 249 g/mol. The van der Waals surface area contributed by atoms with Crippen LogP contribution < -0.4 is 5.32 Å². The highest BCUT2D eigenvalue weighted by atomic mass is 79.9. The number of hydrogen-bond donors (Lipinski definition) is 1. The lowest BCUT2D eigenvalue weighted by Crippen LogP contribution is -2.23. The van der Waals surface area contributed by atoms with E-state index in [1.54, 1.807) is 6.07 Å². The summed E-state index contributed by atoms with van der Waals surface area (Å²) in [6.07, 6.45) is 0. The third kappa shape index (κ3) is 2.89. The maximum Gasteiger partial charge on any atom is 0.179 e. The SMILES string of the molecule is CCNCC(=O)c1cc(Br)ccc1F. The van der Waals surface area contributed by atoms with Gasteiger partial charge in [0.05, 0.1) is 12.1 Å². The second-order valence-electron chi connectivity index (χ2n) is 2.83. The molecule has 76 valence electrons. The van der Waals surface area contributed by atoms with Crippen LogP contribution in [-0.4, -0.2) is 18.9 Å². The predicted molar refractivity (Wildman–Crippen MR) is 57.0 cm³/mol. The number of likely N-dealkylation sites (N-methyl/N-ethyl adjacent to an activating group) is 1. The van der Waals surface area contributed by atoms with Crippen LogP contribution in [0.25, 0.3) is 0 Å². The Bertz CT molecular complexity index is 341. The molecule has 2 nitrogen and oxygen atoms in total. The summed E-state index contributed by atoms with van der Waals surface area (Å²) in [6, 6.07) is 4.34. The van der Waals surface area contributed by atoms with Gasteiger partial charge in [0.1, 0.15) is 5.82 Å². The number of Topliss-reactive ketones (excluding diaryl/α,β-unsaturated/α-hetero) is 1. The molecule has 0 heterocycles. The molecular formula is C10H11BrFNO. The van der Waals surface area contributed by atoms with Gasteiger partial charge in [0.15, 0.2) is 5.78 Å². The number of ketones is 1. The molecule has 14 heavy (non-hydrogen) atoms. The zero-order chi connectivity index (χ0) is 10.6. The first-order valence-electron chi connectivity index (χ1n) is 4.34. The van der Waals surface area contributed by atoms with Gasteiger partial charge < -0.3 is 5.32 Å². The highest BCUT2D eigenvalue weighted by molar-refractivity contribution is 9.10. The number of halogens is 2. The molecule has 4 heteroatoms. The summed E-state index contributed by atoms with van der Waals surface area (Å²) in [7, 11) is 0. The second kappa shape index (κ2) is 5.22. The maximum atomic E-state index is 13.2. The van der Waals surface area contributed by atoms with Crippen LogP contribution in [0.1, 0.15) is 17.3 Å². The predicted octanol–water partition coefficient (Wildman–Crippen LogP) is 2.38. The van der Waals surface area contributed by atoms with Crippen molar-refractivity contribution < 1.29 is 9.18 Å². The first kappa shape index (κ1) is 11.3. The van der Waals surface area contributed by atoms with Gasteiger partial charge in [0.2, 0.25) is 0 Å². The van der Waals surface area contributed by atoms with Crippen LogP contribution in [-0.2, 0) is 0 Å². The van der Waals surface area contributed by atoms with Gasteiger partial charge >= 0.3 is 0 Å². The number of carbonyl (C=O) groups excluding carboxylic acids is 1. The first-order valence-corrected chi connectivity index (χ1v) is 5.13. The Kier molecular flexibility index (Phi) is 4.22. The summed E-state index contributed by atoms with van der Waals surface area (Å²) in [5.41, 5.74) is 0.125. The van der Waals surface area contributed by atoms with E-state index in [0.717, 1.165) is 0 Å². The van der Waals surface area contributed by atoms with Crippen molar-refractivity contribution in [1.82, 2.24) is 5.32 Å². The topological polar surface area (TPSA) is 29.1 Å². The molecule has 0 aromatic heterocycles. The van der Waals surface area contributed by atoms with E-state index in [2.05, 4.69) is 21.2 Å². The Morgan fingerprint density at radius 3 is 2.93 bits per heavy atom. The molecule has 1 aromatic carbocycles. The minimum atomic E-state index is -0.476. The number of benzene rings is 1. The molecule has 0 saturated carbocycles. The quantitative estimate of drug-likeness (QED) is 0.842. The van der Waals surface area contributed by atoms with E-state index in [9.17, 15) is 9.18 Å².